The third-order valence-electron chi connectivity index (χ3n) is 6.53. The first-order valence-electron chi connectivity index (χ1n) is 12.7. The minimum Gasteiger partial charge on any atom is -0.497 e. The number of halogens is 2. The largest absolute Gasteiger partial charge is 0.497 e. The highest BCUT2D eigenvalue weighted by molar-refractivity contribution is 7.92. The first-order chi connectivity index (χ1) is 19.0. The fraction of sp³-hybridized carbons (Fsp3) is 0.310. The molecule has 0 bridgehead atoms. The Morgan fingerprint density at radius 3 is 2.08 bits per heavy atom. The molecule has 3 aromatic carbocycles. The van der Waals surface area contributed by atoms with Crippen LogP contribution in [0.4, 0.5) is 5.69 Å². The average molecular weight is 607 g/mol. The standard InChI is InChI=1S/C29H33Cl2N3O5S/c1-5-20(2)32-29(36)21(3)33(18-25-26(30)12-9-13-27(25)31)28(35)19-34(22-14-16-23(39-4)17-15-22)40(37,38)24-10-7-6-8-11-24/h6-17,20-21H,5,18-19H2,1-4H3,(H,32,36)/t20-,21+/m1/s1. The number of rotatable bonds is 12. The minimum absolute atomic E-state index is 0.0156. The van der Waals surface area contributed by atoms with Gasteiger partial charge in [-0.2, -0.15) is 0 Å². The van der Waals surface area contributed by atoms with Crippen LogP contribution in [0, 0.1) is 0 Å². The molecule has 40 heavy (non-hydrogen) atoms. The number of nitrogens with one attached hydrogen (secondary N) is 1. The zero-order chi connectivity index (χ0) is 29.4. The lowest BCUT2D eigenvalue weighted by Gasteiger charge is -2.32. The van der Waals surface area contributed by atoms with Gasteiger partial charge in [-0.25, -0.2) is 8.42 Å². The van der Waals surface area contributed by atoms with Crippen molar-refractivity contribution in [1.29, 1.82) is 0 Å². The Kier molecular flexibility index (Phi) is 10.8. The van der Waals surface area contributed by atoms with Crippen LogP contribution in [0.2, 0.25) is 10.0 Å². The topological polar surface area (TPSA) is 96.0 Å². The smallest absolute Gasteiger partial charge is 0.264 e. The lowest BCUT2D eigenvalue weighted by Crippen LogP contribution is -2.52. The summed E-state index contributed by atoms with van der Waals surface area (Å²) in [6.45, 7) is 4.70. The molecule has 8 nitrogen and oxygen atoms in total. The Labute approximate surface area is 245 Å². The number of methoxy groups -OCH3 is 1. The third-order valence-corrected chi connectivity index (χ3v) is 9.03. The van der Waals surface area contributed by atoms with E-state index in [9.17, 15) is 18.0 Å². The van der Waals surface area contributed by atoms with Gasteiger partial charge >= 0.3 is 0 Å². The van der Waals surface area contributed by atoms with Crippen molar-refractivity contribution in [3.05, 3.63) is 88.4 Å². The normalized spacial score (nSPS) is 12.8. The summed E-state index contributed by atoms with van der Waals surface area (Å²) in [5, 5.41) is 3.53. The fourth-order valence-electron chi connectivity index (χ4n) is 3.90. The van der Waals surface area contributed by atoms with Crippen molar-refractivity contribution in [1.82, 2.24) is 10.2 Å². The number of carbonyl (C=O) groups is 2. The number of ether oxygens (including phenoxy) is 1. The lowest BCUT2D eigenvalue weighted by molar-refractivity contribution is -0.139. The van der Waals surface area contributed by atoms with Crippen LogP contribution in [0.3, 0.4) is 0 Å². The Bertz CT molecular complexity index is 1400. The summed E-state index contributed by atoms with van der Waals surface area (Å²) in [5.74, 6) is -0.469. The number of sulfonamides is 1. The number of hydrogen-bond donors (Lipinski definition) is 1. The Balaban J connectivity index is 2.05. The highest BCUT2D eigenvalue weighted by atomic mass is 35.5. The zero-order valence-corrected chi connectivity index (χ0v) is 25.1. The van der Waals surface area contributed by atoms with E-state index in [1.807, 2.05) is 13.8 Å². The van der Waals surface area contributed by atoms with E-state index in [0.717, 1.165) is 4.31 Å². The van der Waals surface area contributed by atoms with E-state index in [1.54, 1.807) is 67.6 Å². The lowest BCUT2D eigenvalue weighted by atomic mass is 10.1. The quantitative estimate of drug-likeness (QED) is 0.293. The molecule has 0 aliphatic heterocycles. The number of hydrogen-bond acceptors (Lipinski definition) is 5. The van der Waals surface area contributed by atoms with Gasteiger partial charge in [0.25, 0.3) is 10.0 Å². The molecule has 2 amide bonds. The van der Waals surface area contributed by atoms with Crippen LogP contribution in [0.5, 0.6) is 5.75 Å². The highest BCUT2D eigenvalue weighted by Gasteiger charge is 2.33. The summed E-state index contributed by atoms with van der Waals surface area (Å²) < 4.78 is 33.8. The van der Waals surface area contributed by atoms with E-state index in [0.29, 0.717) is 27.8 Å². The van der Waals surface area contributed by atoms with Crippen LogP contribution in [-0.4, -0.2) is 50.9 Å². The third kappa shape index (κ3) is 7.47. The van der Waals surface area contributed by atoms with Gasteiger partial charge in [-0.1, -0.05) is 54.4 Å². The van der Waals surface area contributed by atoms with Gasteiger partial charge in [0, 0.05) is 28.2 Å². The SMILES string of the molecule is CC[C@@H](C)NC(=O)[C@H](C)N(Cc1c(Cl)cccc1Cl)C(=O)CN(c1ccc(OC)cc1)S(=O)(=O)c1ccccc1. The second-order valence-corrected chi connectivity index (χ2v) is 11.9. The van der Waals surface area contributed by atoms with E-state index in [2.05, 4.69) is 5.32 Å². The molecule has 2 atom stereocenters. The molecule has 0 aliphatic carbocycles. The van der Waals surface area contributed by atoms with E-state index < -0.39 is 28.5 Å². The van der Waals surface area contributed by atoms with E-state index in [4.69, 9.17) is 27.9 Å². The first-order valence-corrected chi connectivity index (χ1v) is 14.9. The van der Waals surface area contributed by atoms with Gasteiger partial charge in [-0.3, -0.25) is 13.9 Å². The molecule has 3 rings (SSSR count). The predicted octanol–water partition coefficient (Wildman–Crippen LogP) is 5.53. The molecule has 0 aliphatic rings. The van der Waals surface area contributed by atoms with Gasteiger partial charge in [0.2, 0.25) is 11.8 Å². The molecule has 0 spiro atoms. The van der Waals surface area contributed by atoms with Crippen LogP contribution in [-0.2, 0) is 26.2 Å². The van der Waals surface area contributed by atoms with Crippen LogP contribution in [0.25, 0.3) is 0 Å². The Morgan fingerprint density at radius 1 is 0.925 bits per heavy atom. The van der Waals surface area contributed by atoms with Gasteiger partial charge in [-0.15, -0.1) is 0 Å². The molecule has 214 valence electrons. The zero-order valence-electron chi connectivity index (χ0n) is 22.8. The minimum atomic E-state index is -4.17. The average Bonchev–Trinajstić information content (AvgIpc) is 2.95. The Morgan fingerprint density at radius 2 is 1.52 bits per heavy atom. The highest BCUT2D eigenvalue weighted by Crippen LogP contribution is 2.29. The molecule has 0 saturated heterocycles. The van der Waals surface area contributed by atoms with Crippen LogP contribution in [0.1, 0.15) is 32.8 Å². The summed E-state index contributed by atoms with van der Waals surface area (Å²) in [4.78, 5) is 28.4. The molecular formula is C29H33Cl2N3O5S. The number of carbonyl (C=O) groups excluding carboxylic acids is 2. The molecule has 11 heteroatoms. The number of benzene rings is 3. The summed E-state index contributed by atoms with van der Waals surface area (Å²) in [7, 11) is -2.67. The number of nitrogens with zero attached hydrogens (tertiary/aromatic N) is 2. The van der Waals surface area contributed by atoms with Crippen molar-refractivity contribution in [3.63, 3.8) is 0 Å². The molecule has 0 heterocycles. The van der Waals surface area contributed by atoms with Gasteiger partial charge in [0.05, 0.1) is 17.7 Å². The summed E-state index contributed by atoms with van der Waals surface area (Å²) in [5.41, 5.74) is 0.703. The van der Waals surface area contributed by atoms with Crippen LogP contribution < -0.4 is 14.4 Å². The summed E-state index contributed by atoms with van der Waals surface area (Å²) in [6, 6.07) is 18.0. The van der Waals surface area contributed by atoms with Gasteiger partial charge in [0.1, 0.15) is 18.3 Å². The summed E-state index contributed by atoms with van der Waals surface area (Å²) in [6.07, 6.45) is 0.698. The molecule has 3 aromatic rings. The van der Waals surface area contributed by atoms with E-state index in [1.165, 1.54) is 24.1 Å². The van der Waals surface area contributed by atoms with Crippen molar-refractivity contribution in [3.8, 4) is 5.75 Å². The number of amides is 2. The van der Waals surface area contributed by atoms with Gasteiger partial charge in [-0.05, 0) is 68.8 Å². The van der Waals surface area contributed by atoms with E-state index in [-0.39, 0.29) is 29.1 Å². The summed E-state index contributed by atoms with van der Waals surface area (Å²) >= 11 is 12.8. The fourth-order valence-corrected chi connectivity index (χ4v) is 5.85. The molecule has 0 unspecified atom stereocenters. The Hall–Kier alpha value is -3.27. The second kappa shape index (κ2) is 13.9. The van der Waals surface area contributed by atoms with Crippen LogP contribution >= 0.6 is 23.2 Å². The maximum Gasteiger partial charge on any atom is 0.264 e. The second-order valence-electron chi connectivity index (χ2n) is 9.24. The van der Waals surface area contributed by atoms with Crippen molar-refractivity contribution in [2.45, 2.75) is 50.7 Å². The first kappa shape index (κ1) is 31.3. The van der Waals surface area contributed by atoms with Crippen LogP contribution in [0.15, 0.2) is 77.7 Å². The monoisotopic (exact) mass is 605 g/mol. The molecular weight excluding hydrogens is 573 g/mol. The van der Waals surface area contributed by atoms with Crippen molar-refractivity contribution in [2.24, 2.45) is 0 Å². The number of anilines is 1. The van der Waals surface area contributed by atoms with Crippen molar-refractivity contribution >= 4 is 50.7 Å². The van der Waals surface area contributed by atoms with Crippen molar-refractivity contribution < 1.29 is 22.7 Å². The maximum atomic E-state index is 14.0. The molecule has 0 saturated carbocycles. The molecule has 1 N–H and O–H groups in total. The van der Waals surface area contributed by atoms with Gasteiger partial charge < -0.3 is 15.0 Å². The predicted molar refractivity (Wildman–Crippen MR) is 158 cm³/mol. The maximum absolute atomic E-state index is 14.0. The van der Waals surface area contributed by atoms with Gasteiger partial charge in [0.15, 0.2) is 0 Å². The van der Waals surface area contributed by atoms with Crippen molar-refractivity contribution in [2.75, 3.05) is 18.0 Å². The molecule has 0 radical (unpaired) electrons. The van der Waals surface area contributed by atoms with E-state index >= 15 is 0 Å². The molecule has 0 fully saturated rings. The molecule has 0 aromatic heterocycles.